The normalized spacial score (nSPS) is 27.7. The molecule has 2 aliphatic rings. The Bertz CT molecular complexity index is 403. The Kier molecular flexibility index (Phi) is 1.84. The molecule has 15 heavy (non-hydrogen) atoms. The molecule has 3 rings (SSSR count). The molecule has 1 aliphatic heterocycles. The third-order valence-electron chi connectivity index (χ3n) is 3.64. The summed E-state index contributed by atoms with van der Waals surface area (Å²) in [7, 11) is 0. The molecular formula is C13H15NO. The lowest BCUT2D eigenvalue weighted by atomic mass is 10.1. The molecule has 0 bridgehead atoms. The van der Waals surface area contributed by atoms with Crippen molar-refractivity contribution in [3.05, 3.63) is 35.4 Å². The zero-order valence-electron chi connectivity index (χ0n) is 8.94. The van der Waals surface area contributed by atoms with Gasteiger partial charge >= 0.3 is 0 Å². The Morgan fingerprint density at radius 2 is 1.93 bits per heavy atom. The van der Waals surface area contributed by atoms with E-state index in [0.29, 0.717) is 0 Å². The summed E-state index contributed by atoms with van der Waals surface area (Å²) < 4.78 is 0. The van der Waals surface area contributed by atoms with Gasteiger partial charge in [-0.05, 0) is 36.8 Å². The van der Waals surface area contributed by atoms with E-state index in [-0.39, 0.29) is 5.91 Å². The van der Waals surface area contributed by atoms with Crippen molar-refractivity contribution in [2.24, 2.45) is 11.8 Å². The molecule has 0 N–H and O–H groups in total. The maximum absolute atomic E-state index is 12.2. The van der Waals surface area contributed by atoms with Crippen molar-refractivity contribution in [2.45, 2.75) is 13.3 Å². The summed E-state index contributed by atoms with van der Waals surface area (Å²) in [6.45, 7) is 3.97. The van der Waals surface area contributed by atoms with Gasteiger partial charge in [-0.25, -0.2) is 0 Å². The highest BCUT2D eigenvalue weighted by Gasteiger charge is 2.46. The molecule has 1 aliphatic carbocycles. The van der Waals surface area contributed by atoms with Crippen molar-refractivity contribution in [1.29, 1.82) is 0 Å². The number of aryl methyl sites for hydroxylation is 1. The Morgan fingerprint density at radius 1 is 1.27 bits per heavy atom. The van der Waals surface area contributed by atoms with Crippen molar-refractivity contribution >= 4 is 5.91 Å². The number of carbonyl (C=O) groups excluding carboxylic acids is 1. The summed E-state index contributed by atoms with van der Waals surface area (Å²) in [6, 6.07) is 7.86. The molecule has 1 heterocycles. The minimum Gasteiger partial charge on any atom is -0.338 e. The molecule has 2 heteroatoms. The van der Waals surface area contributed by atoms with E-state index >= 15 is 0 Å². The number of rotatable bonds is 1. The average molecular weight is 201 g/mol. The predicted octanol–water partition coefficient (Wildman–Crippen LogP) is 2.09. The van der Waals surface area contributed by atoms with Gasteiger partial charge in [-0.3, -0.25) is 4.79 Å². The van der Waals surface area contributed by atoms with Gasteiger partial charge in [-0.1, -0.05) is 18.2 Å². The van der Waals surface area contributed by atoms with E-state index in [1.807, 2.05) is 36.1 Å². The molecule has 2 nitrogen and oxygen atoms in total. The monoisotopic (exact) mass is 201 g/mol. The first-order valence-corrected chi connectivity index (χ1v) is 5.60. The predicted molar refractivity (Wildman–Crippen MR) is 58.7 cm³/mol. The number of hydrogen-bond acceptors (Lipinski definition) is 1. The Labute approximate surface area is 89.9 Å². The summed E-state index contributed by atoms with van der Waals surface area (Å²) in [5.74, 6) is 1.86. The van der Waals surface area contributed by atoms with Gasteiger partial charge in [0.05, 0.1) is 0 Å². The van der Waals surface area contributed by atoms with Crippen LogP contribution in [-0.2, 0) is 0 Å². The van der Waals surface area contributed by atoms with Crippen molar-refractivity contribution < 1.29 is 4.79 Å². The lowest BCUT2D eigenvalue weighted by Crippen LogP contribution is -2.30. The minimum absolute atomic E-state index is 0.223. The quantitative estimate of drug-likeness (QED) is 0.681. The number of likely N-dealkylation sites (tertiary alicyclic amines) is 1. The highest BCUT2D eigenvalue weighted by atomic mass is 16.2. The van der Waals surface area contributed by atoms with Crippen LogP contribution >= 0.6 is 0 Å². The Balaban J connectivity index is 1.82. The van der Waals surface area contributed by atoms with E-state index < -0.39 is 0 Å². The average Bonchev–Trinajstić information content (AvgIpc) is 2.86. The number of amides is 1. The summed E-state index contributed by atoms with van der Waals surface area (Å²) in [5.41, 5.74) is 1.96. The zero-order chi connectivity index (χ0) is 10.4. The van der Waals surface area contributed by atoms with Gasteiger partial charge in [0.2, 0.25) is 0 Å². The van der Waals surface area contributed by atoms with Gasteiger partial charge in [0.25, 0.3) is 5.91 Å². The highest BCUT2D eigenvalue weighted by molar-refractivity contribution is 5.95. The van der Waals surface area contributed by atoms with Crippen molar-refractivity contribution in [1.82, 2.24) is 4.90 Å². The fourth-order valence-corrected chi connectivity index (χ4v) is 2.55. The topological polar surface area (TPSA) is 20.3 Å². The number of carbonyl (C=O) groups is 1. The molecule has 0 spiro atoms. The summed E-state index contributed by atoms with van der Waals surface area (Å²) in [5, 5.41) is 0. The highest BCUT2D eigenvalue weighted by Crippen LogP contribution is 2.45. The molecule has 1 aromatic carbocycles. The van der Waals surface area contributed by atoms with Crippen molar-refractivity contribution in [3.63, 3.8) is 0 Å². The smallest absolute Gasteiger partial charge is 0.254 e. The summed E-state index contributed by atoms with van der Waals surface area (Å²) in [6.07, 6.45) is 1.34. The number of hydrogen-bond donors (Lipinski definition) is 0. The van der Waals surface area contributed by atoms with E-state index in [1.165, 1.54) is 6.42 Å². The SMILES string of the molecule is Cc1ccccc1C(=O)N1CC2CC2C1. The van der Waals surface area contributed by atoms with Crippen LogP contribution in [-0.4, -0.2) is 23.9 Å². The third kappa shape index (κ3) is 1.44. The van der Waals surface area contributed by atoms with Gasteiger partial charge in [0.1, 0.15) is 0 Å². The lowest BCUT2D eigenvalue weighted by molar-refractivity contribution is 0.0775. The van der Waals surface area contributed by atoms with Gasteiger partial charge in [-0.2, -0.15) is 0 Å². The fraction of sp³-hybridized carbons (Fsp3) is 0.462. The molecular weight excluding hydrogens is 186 g/mol. The zero-order valence-corrected chi connectivity index (χ0v) is 8.94. The van der Waals surface area contributed by atoms with Gasteiger partial charge in [-0.15, -0.1) is 0 Å². The van der Waals surface area contributed by atoms with E-state index in [9.17, 15) is 4.79 Å². The van der Waals surface area contributed by atoms with Crippen LogP contribution in [0.5, 0.6) is 0 Å². The largest absolute Gasteiger partial charge is 0.338 e. The number of benzene rings is 1. The van der Waals surface area contributed by atoms with Gasteiger partial charge in [0, 0.05) is 18.7 Å². The second-order valence-electron chi connectivity index (χ2n) is 4.78. The second kappa shape index (κ2) is 3.09. The molecule has 2 unspecified atom stereocenters. The van der Waals surface area contributed by atoms with Crippen LogP contribution in [0.2, 0.25) is 0 Å². The van der Waals surface area contributed by atoms with Gasteiger partial charge in [0.15, 0.2) is 0 Å². The van der Waals surface area contributed by atoms with Crippen molar-refractivity contribution in [3.8, 4) is 0 Å². The molecule has 1 saturated heterocycles. The molecule has 2 fully saturated rings. The van der Waals surface area contributed by atoms with E-state index in [1.54, 1.807) is 0 Å². The van der Waals surface area contributed by atoms with Gasteiger partial charge < -0.3 is 4.90 Å². The van der Waals surface area contributed by atoms with Crippen LogP contribution in [0.1, 0.15) is 22.3 Å². The summed E-state index contributed by atoms with van der Waals surface area (Å²) in [4.78, 5) is 14.2. The molecule has 1 aromatic rings. The van der Waals surface area contributed by atoms with E-state index in [4.69, 9.17) is 0 Å². The number of fused-ring (bicyclic) bond motifs is 1. The third-order valence-corrected chi connectivity index (χ3v) is 3.64. The number of nitrogens with zero attached hydrogens (tertiary/aromatic N) is 1. The first-order chi connectivity index (χ1) is 7.25. The molecule has 2 atom stereocenters. The second-order valence-corrected chi connectivity index (χ2v) is 4.78. The van der Waals surface area contributed by atoms with Crippen LogP contribution in [0.4, 0.5) is 0 Å². The summed E-state index contributed by atoms with van der Waals surface area (Å²) >= 11 is 0. The minimum atomic E-state index is 0.223. The lowest BCUT2D eigenvalue weighted by Gasteiger charge is -2.18. The molecule has 1 saturated carbocycles. The number of piperidine rings is 1. The van der Waals surface area contributed by atoms with Crippen molar-refractivity contribution in [2.75, 3.05) is 13.1 Å². The Morgan fingerprint density at radius 3 is 2.60 bits per heavy atom. The standard InChI is InChI=1S/C13H15NO/c1-9-4-2-3-5-12(9)13(15)14-7-10-6-11(10)8-14/h2-5,10-11H,6-8H2,1H3. The van der Waals surface area contributed by atoms with Crippen LogP contribution in [0.15, 0.2) is 24.3 Å². The Hall–Kier alpha value is -1.31. The molecule has 0 radical (unpaired) electrons. The van der Waals surface area contributed by atoms with E-state index in [0.717, 1.165) is 36.1 Å². The fourth-order valence-electron chi connectivity index (χ4n) is 2.55. The maximum atomic E-state index is 12.2. The van der Waals surface area contributed by atoms with Crippen LogP contribution in [0, 0.1) is 18.8 Å². The van der Waals surface area contributed by atoms with Crippen LogP contribution < -0.4 is 0 Å². The first kappa shape index (κ1) is 8.96. The maximum Gasteiger partial charge on any atom is 0.254 e. The first-order valence-electron chi connectivity index (χ1n) is 5.60. The van der Waals surface area contributed by atoms with E-state index in [2.05, 4.69) is 0 Å². The van der Waals surface area contributed by atoms with Crippen LogP contribution in [0.25, 0.3) is 0 Å². The molecule has 0 aromatic heterocycles. The molecule has 1 amide bonds. The molecule has 78 valence electrons. The van der Waals surface area contributed by atoms with Crippen LogP contribution in [0.3, 0.4) is 0 Å².